The smallest absolute Gasteiger partial charge is 0.319 e. The first kappa shape index (κ1) is 19.5. The molecule has 0 aromatic carbocycles. The van der Waals surface area contributed by atoms with Crippen LogP contribution in [0.2, 0.25) is 0 Å². The summed E-state index contributed by atoms with van der Waals surface area (Å²) in [5.41, 5.74) is 2.62. The van der Waals surface area contributed by atoms with E-state index in [9.17, 15) is 9.59 Å². The van der Waals surface area contributed by atoms with E-state index in [2.05, 4.69) is 20.8 Å². The maximum absolute atomic E-state index is 12.8. The lowest BCUT2D eigenvalue weighted by molar-refractivity contribution is -0.127. The Labute approximate surface area is 170 Å². The summed E-state index contributed by atoms with van der Waals surface area (Å²) < 4.78 is 3.50. The lowest BCUT2D eigenvalue weighted by Gasteiger charge is -2.26. The van der Waals surface area contributed by atoms with Crippen LogP contribution < -0.4 is 10.6 Å². The van der Waals surface area contributed by atoms with E-state index in [0.717, 1.165) is 29.9 Å². The fraction of sp³-hybridized carbons (Fsp3) is 0.600. The summed E-state index contributed by atoms with van der Waals surface area (Å²) in [6.45, 7) is 0. The highest BCUT2D eigenvalue weighted by atomic mass is 16.2. The van der Waals surface area contributed by atoms with Crippen LogP contribution in [0.3, 0.4) is 0 Å². The number of amides is 3. The van der Waals surface area contributed by atoms with Gasteiger partial charge >= 0.3 is 6.03 Å². The number of carbonyl (C=O) groups excluding carboxylic acids is 2. The highest BCUT2D eigenvalue weighted by Crippen LogP contribution is 2.36. The first-order valence-corrected chi connectivity index (χ1v) is 10.3. The summed E-state index contributed by atoms with van der Waals surface area (Å²) in [4.78, 5) is 26.8. The second-order valence-corrected chi connectivity index (χ2v) is 8.17. The Morgan fingerprint density at radius 3 is 2.62 bits per heavy atom. The standard InChI is InChI=1S/C20H29N7O2/c1-25-12-15(18(24-25)13-7-5-4-6-8-13)23-20(29)22-14-11-17(28)26(2)19(14)16-9-10-21-27(16)3/h9-10,12-14,19H,4-8,11H2,1-3H3,(H2,22,23,29)/t14-,19-/m1/s1. The first-order chi connectivity index (χ1) is 13.9. The third-order valence-electron chi connectivity index (χ3n) is 6.16. The van der Waals surface area contributed by atoms with Crippen LogP contribution in [0.25, 0.3) is 0 Å². The van der Waals surface area contributed by atoms with E-state index < -0.39 is 0 Å². The van der Waals surface area contributed by atoms with Crippen molar-refractivity contribution in [1.82, 2.24) is 29.8 Å². The number of aryl methyl sites for hydroxylation is 2. The van der Waals surface area contributed by atoms with Gasteiger partial charge in [0.25, 0.3) is 0 Å². The molecule has 1 aliphatic carbocycles. The van der Waals surface area contributed by atoms with E-state index in [-0.39, 0.29) is 30.4 Å². The van der Waals surface area contributed by atoms with Crippen LogP contribution in [0.4, 0.5) is 10.5 Å². The predicted molar refractivity (Wildman–Crippen MR) is 108 cm³/mol. The molecule has 2 N–H and O–H groups in total. The minimum atomic E-state index is -0.322. The summed E-state index contributed by atoms with van der Waals surface area (Å²) in [6.07, 6.45) is 9.72. The number of urea groups is 1. The average Bonchev–Trinajstić information content (AvgIpc) is 3.34. The van der Waals surface area contributed by atoms with Gasteiger partial charge in [-0.1, -0.05) is 19.3 Å². The van der Waals surface area contributed by atoms with Crippen LogP contribution in [-0.4, -0.2) is 49.5 Å². The van der Waals surface area contributed by atoms with Crippen LogP contribution in [0.15, 0.2) is 18.5 Å². The molecule has 0 unspecified atom stereocenters. The molecule has 29 heavy (non-hydrogen) atoms. The minimum absolute atomic E-state index is 0.00534. The molecule has 0 spiro atoms. The van der Waals surface area contributed by atoms with Crippen molar-refractivity contribution in [3.63, 3.8) is 0 Å². The summed E-state index contributed by atoms with van der Waals surface area (Å²) in [5, 5.41) is 14.8. The Kier molecular flexibility index (Phi) is 5.29. The molecule has 2 aromatic rings. The normalized spacial score (nSPS) is 22.9. The zero-order valence-corrected chi connectivity index (χ0v) is 17.3. The number of hydrogen-bond donors (Lipinski definition) is 2. The van der Waals surface area contributed by atoms with Gasteiger partial charge in [-0.15, -0.1) is 0 Å². The molecule has 0 radical (unpaired) electrons. The molecule has 1 saturated carbocycles. The Balaban J connectivity index is 1.48. The third kappa shape index (κ3) is 3.86. The lowest BCUT2D eigenvalue weighted by Crippen LogP contribution is -2.42. The van der Waals surface area contributed by atoms with Gasteiger partial charge < -0.3 is 15.5 Å². The molecular weight excluding hydrogens is 370 g/mol. The number of carbonyl (C=O) groups is 2. The fourth-order valence-corrected chi connectivity index (χ4v) is 4.68. The molecule has 2 fully saturated rings. The quantitative estimate of drug-likeness (QED) is 0.824. The van der Waals surface area contributed by atoms with E-state index in [1.54, 1.807) is 27.5 Å². The van der Waals surface area contributed by atoms with Crippen LogP contribution >= 0.6 is 0 Å². The van der Waals surface area contributed by atoms with E-state index in [1.807, 2.05) is 26.4 Å². The van der Waals surface area contributed by atoms with Crippen LogP contribution in [0.5, 0.6) is 0 Å². The van der Waals surface area contributed by atoms with Gasteiger partial charge in [0, 0.05) is 45.9 Å². The second kappa shape index (κ2) is 7.88. The average molecular weight is 399 g/mol. The Morgan fingerprint density at radius 2 is 1.93 bits per heavy atom. The fourth-order valence-electron chi connectivity index (χ4n) is 4.68. The monoisotopic (exact) mass is 399 g/mol. The van der Waals surface area contributed by atoms with Gasteiger partial charge in [-0.3, -0.25) is 14.2 Å². The molecule has 9 heteroatoms. The summed E-state index contributed by atoms with van der Waals surface area (Å²) in [7, 11) is 5.48. The molecule has 3 heterocycles. The molecule has 0 bridgehead atoms. The number of nitrogens with zero attached hydrogens (tertiary/aromatic N) is 5. The van der Waals surface area contributed by atoms with Gasteiger partial charge in [0.2, 0.25) is 5.91 Å². The van der Waals surface area contributed by atoms with Crippen LogP contribution in [0, 0.1) is 0 Å². The van der Waals surface area contributed by atoms with Crippen molar-refractivity contribution in [2.45, 2.75) is 56.5 Å². The lowest BCUT2D eigenvalue weighted by atomic mass is 9.86. The highest BCUT2D eigenvalue weighted by Gasteiger charge is 2.41. The number of aromatic nitrogens is 4. The topological polar surface area (TPSA) is 97.1 Å². The molecule has 9 nitrogen and oxygen atoms in total. The molecular formula is C20H29N7O2. The van der Waals surface area contributed by atoms with Crippen molar-refractivity contribution < 1.29 is 9.59 Å². The number of nitrogens with one attached hydrogen (secondary N) is 2. The van der Waals surface area contributed by atoms with Crippen LogP contribution in [-0.2, 0) is 18.9 Å². The summed E-state index contributed by atoms with van der Waals surface area (Å²) in [6, 6.07) is 1.01. The Bertz CT molecular complexity index is 897. The van der Waals surface area contributed by atoms with Crippen molar-refractivity contribution in [3.05, 3.63) is 29.8 Å². The molecule has 3 amide bonds. The maximum atomic E-state index is 12.8. The van der Waals surface area contributed by atoms with Gasteiger partial charge in [-0.05, 0) is 18.9 Å². The molecule has 2 aliphatic rings. The molecule has 1 saturated heterocycles. The number of likely N-dealkylation sites (tertiary alicyclic amines) is 1. The SMILES string of the molecule is CN1C(=O)C[C@@H](NC(=O)Nc2cn(C)nc2C2CCCCC2)[C@@H]1c1ccnn1C. The molecule has 156 valence electrons. The van der Waals surface area contributed by atoms with Gasteiger partial charge in [0.1, 0.15) is 0 Å². The van der Waals surface area contributed by atoms with Crippen LogP contribution in [0.1, 0.15) is 61.9 Å². The van der Waals surface area contributed by atoms with E-state index in [1.165, 1.54) is 19.3 Å². The largest absolute Gasteiger partial charge is 0.335 e. The number of anilines is 1. The Morgan fingerprint density at radius 1 is 1.17 bits per heavy atom. The molecule has 4 rings (SSSR count). The van der Waals surface area contributed by atoms with E-state index >= 15 is 0 Å². The van der Waals surface area contributed by atoms with E-state index in [0.29, 0.717) is 5.92 Å². The van der Waals surface area contributed by atoms with E-state index in [4.69, 9.17) is 0 Å². The number of likely N-dealkylation sites (N-methyl/N-ethyl adjacent to an activating group) is 1. The zero-order valence-electron chi connectivity index (χ0n) is 17.3. The third-order valence-corrected chi connectivity index (χ3v) is 6.16. The molecule has 2 atom stereocenters. The predicted octanol–water partition coefficient (Wildman–Crippen LogP) is 2.29. The number of hydrogen-bond acceptors (Lipinski definition) is 4. The summed E-state index contributed by atoms with van der Waals surface area (Å²) in [5.74, 6) is 0.396. The van der Waals surface area contributed by atoms with Crippen molar-refractivity contribution in [3.8, 4) is 0 Å². The van der Waals surface area contributed by atoms with Gasteiger partial charge in [-0.2, -0.15) is 10.2 Å². The highest BCUT2D eigenvalue weighted by molar-refractivity contribution is 5.91. The second-order valence-electron chi connectivity index (χ2n) is 8.17. The van der Waals surface area contributed by atoms with Gasteiger partial charge in [-0.25, -0.2) is 4.79 Å². The minimum Gasteiger partial charge on any atom is -0.335 e. The first-order valence-electron chi connectivity index (χ1n) is 10.3. The summed E-state index contributed by atoms with van der Waals surface area (Å²) >= 11 is 0. The number of rotatable bonds is 4. The Hall–Kier alpha value is -2.84. The van der Waals surface area contributed by atoms with Crippen molar-refractivity contribution in [2.75, 3.05) is 12.4 Å². The van der Waals surface area contributed by atoms with Crippen molar-refractivity contribution in [1.29, 1.82) is 0 Å². The van der Waals surface area contributed by atoms with Gasteiger partial charge in [0.05, 0.1) is 29.2 Å². The molecule has 1 aliphatic heterocycles. The van der Waals surface area contributed by atoms with Crippen molar-refractivity contribution in [2.24, 2.45) is 14.1 Å². The molecule has 2 aromatic heterocycles. The maximum Gasteiger partial charge on any atom is 0.319 e. The van der Waals surface area contributed by atoms with Gasteiger partial charge in [0.15, 0.2) is 0 Å². The van der Waals surface area contributed by atoms with Crippen molar-refractivity contribution >= 4 is 17.6 Å². The zero-order chi connectivity index (χ0) is 20.5.